The van der Waals surface area contributed by atoms with Gasteiger partial charge in [-0.15, -0.1) is 11.3 Å². The second-order valence-corrected chi connectivity index (χ2v) is 6.61. The minimum atomic E-state index is -0.232. The first-order valence-electron chi connectivity index (χ1n) is 7.86. The number of fused-ring (bicyclic) bond motifs is 1. The van der Waals surface area contributed by atoms with Gasteiger partial charge in [-0.25, -0.2) is 9.48 Å². The Kier molecular flexibility index (Phi) is 5.07. The number of thiophene rings is 1. The van der Waals surface area contributed by atoms with Crippen LogP contribution in [0, 0.1) is 0 Å². The fraction of sp³-hybridized carbons (Fsp3) is 0.438. The van der Waals surface area contributed by atoms with Gasteiger partial charge in [0.15, 0.2) is 0 Å². The number of aromatic nitrogens is 2. The summed E-state index contributed by atoms with van der Waals surface area (Å²) in [7, 11) is 0. The summed E-state index contributed by atoms with van der Waals surface area (Å²) in [4.78, 5) is 24.8. The molecule has 2 aromatic rings. The van der Waals surface area contributed by atoms with Crippen molar-refractivity contribution in [3.63, 3.8) is 0 Å². The predicted octanol–water partition coefficient (Wildman–Crippen LogP) is 1.68. The van der Waals surface area contributed by atoms with Crippen molar-refractivity contribution >= 4 is 17.4 Å². The molecule has 6 nitrogen and oxygen atoms in total. The Morgan fingerprint density at radius 3 is 3.00 bits per heavy atom. The molecule has 0 unspecified atom stereocenters. The van der Waals surface area contributed by atoms with E-state index in [1.165, 1.54) is 4.68 Å². The van der Waals surface area contributed by atoms with Crippen LogP contribution in [0.25, 0.3) is 0 Å². The number of hydrogen-bond acceptors (Lipinski definition) is 4. The van der Waals surface area contributed by atoms with Crippen molar-refractivity contribution in [2.45, 2.75) is 38.8 Å². The predicted molar refractivity (Wildman–Crippen MR) is 89.7 cm³/mol. The molecule has 0 aliphatic heterocycles. The van der Waals surface area contributed by atoms with E-state index in [0.717, 1.165) is 41.8 Å². The number of nitrogens with one attached hydrogen (secondary N) is 2. The van der Waals surface area contributed by atoms with E-state index in [2.05, 4.69) is 15.7 Å². The number of hydrogen-bond donors (Lipinski definition) is 2. The van der Waals surface area contributed by atoms with Crippen molar-refractivity contribution < 1.29 is 4.79 Å². The fourth-order valence-corrected chi connectivity index (χ4v) is 3.32. The summed E-state index contributed by atoms with van der Waals surface area (Å²) >= 11 is 1.60. The van der Waals surface area contributed by atoms with Gasteiger partial charge in [0.05, 0.1) is 18.8 Å². The SMILES string of the molecule is O=C(NCCn1nc2c(cc1=O)CCCC2)NCc1cccs1. The van der Waals surface area contributed by atoms with Gasteiger partial charge in [0, 0.05) is 17.5 Å². The second kappa shape index (κ2) is 7.41. The molecule has 2 amide bonds. The minimum Gasteiger partial charge on any atom is -0.336 e. The van der Waals surface area contributed by atoms with Crippen LogP contribution < -0.4 is 16.2 Å². The number of urea groups is 1. The van der Waals surface area contributed by atoms with E-state index in [1.54, 1.807) is 17.4 Å². The number of nitrogens with zero attached hydrogens (tertiary/aromatic N) is 2. The molecule has 7 heteroatoms. The summed E-state index contributed by atoms with van der Waals surface area (Å²) < 4.78 is 1.45. The molecule has 0 fully saturated rings. The molecule has 122 valence electrons. The standard InChI is InChI=1S/C16H20N4O2S/c21-15-10-12-4-1-2-6-14(12)19-20(15)8-7-17-16(22)18-11-13-5-3-9-23-13/h3,5,9-10H,1-2,4,6-8,11H2,(H2,17,18,22). The molecule has 0 aromatic carbocycles. The maximum atomic E-state index is 12.0. The Labute approximate surface area is 138 Å². The molecule has 1 aliphatic rings. The Morgan fingerprint density at radius 2 is 2.17 bits per heavy atom. The maximum Gasteiger partial charge on any atom is 0.315 e. The summed E-state index contributed by atoms with van der Waals surface area (Å²) in [6.45, 7) is 1.28. The van der Waals surface area contributed by atoms with Gasteiger partial charge in [-0.2, -0.15) is 5.10 Å². The molecule has 0 radical (unpaired) electrons. The Morgan fingerprint density at radius 1 is 1.30 bits per heavy atom. The first kappa shape index (κ1) is 15.7. The average Bonchev–Trinajstić information content (AvgIpc) is 3.07. The highest BCUT2D eigenvalue weighted by Crippen LogP contribution is 2.16. The van der Waals surface area contributed by atoms with E-state index in [-0.39, 0.29) is 11.6 Å². The van der Waals surface area contributed by atoms with Gasteiger partial charge >= 0.3 is 6.03 Å². The molecule has 23 heavy (non-hydrogen) atoms. The Bertz CT molecular complexity index is 724. The molecule has 0 atom stereocenters. The average molecular weight is 332 g/mol. The zero-order valence-corrected chi connectivity index (χ0v) is 13.7. The van der Waals surface area contributed by atoms with Crippen LogP contribution in [0.2, 0.25) is 0 Å². The van der Waals surface area contributed by atoms with Crippen LogP contribution in [0.3, 0.4) is 0 Å². The van der Waals surface area contributed by atoms with Crippen molar-refractivity contribution in [2.75, 3.05) is 6.54 Å². The lowest BCUT2D eigenvalue weighted by Gasteiger charge is -2.16. The fourth-order valence-electron chi connectivity index (χ4n) is 2.68. The smallest absolute Gasteiger partial charge is 0.315 e. The summed E-state index contributed by atoms with van der Waals surface area (Å²) in [6.07, 6.45) is 4.14. The van der Waals surface area contributed by atoms with Gasteiger partial charge in [-0.3, -0.25) is 4.79 Å². The van der Waals surface area contributed by atoms with Crippen molar-refractivity contribution in [3.8, 4) is 0 Å². The lowest BCUT2D eigenvalue weighted by Crippen LogP contribution is -2.38. The number of carbonyl (C=O) groups excluding carboxylic acids is 1. The zero-order valence-electron chi connectivity index (χ0n) is 12.9. The largest absolute Gasteiger partial charge is 0.336 e. The van der Waals surface area contributed by atoms with Crippen molar-refractivity contribution in [2.24, 2.45) is 0 Å². The molecule has 3 rings (SSSR count). The highest BCUT2D eigenvalue weighted by Gasteiger charge is 2.13. The van der Waals surface area contributed by atoms with Crippen LogP contribution in [0.1, 0.15) is 29.0 Å². The lowest BCUT2D eigenvalue weighted by atomic mass is 9.97. The van der Waals surface area contributed by atoms with Crippen LogP contribution in [-0.2, 0) is 25.9 Å². The van der Waals surface area contributed by atoms with Gasteiger partial charge in [-0.1, -0.05) is 6.07 Å². The molecule has 2 N–H and O–H groups in total. The summed E-state index contributed by atoms with van der Waals surface area (Å²) in [6, 6.07) is 5.39. The number of amides is 2. The van der Waals surface area contributed by atoms with Crippen LogP contribution in [0.4, 0.5) is 4.79 Å². The number of rotatable bonds is 5. The topological polar surface area (TPSA) is 76.0 Å². The zero-order chi connectivity index (χ0) is 16.1. The van der Waals surface area contributed by atoms with E-state index in [1.807, 2.05) is 17.5 Å². The van der Waals surface area contributed by atoms with Gasteiger partial charge in [0.2, 0.25) is 0 Å². The molecular formula is C16H20N4O2S. The highest BCUT2D eigenvalue weighted by molar-refractivity contribution is 7.09. The van der Waals surface area contributed by atoms with E-state index in [0.29, 0.717) is 19.6 Å². The molecular weight excluding hydrogens is 312 g/mol. The molecule has 2 heterocycles. The third-order valence-electron chi connectivity index (χ3n) is 3.89. The van der Waals surface area contributed by atoms with Crippen LogP contribution in [-0.4, -0.2) is 22.4 Å². The molecule has 0 saturated heterocycles. The Balaban J connectivity index is 1.48. The van der Waals surface area contributed by atoms with E-state index in [4.69, 9.17) is 0 Å². The quantitative estimate of drug-likeness (QED) is 0.875. The lowest BCUT2D eigenvalue weighted by molar-refractivity contribution is 0.240. The Hall–Kier alpha value is -2.15. The van der Waals surface area contributed by atoms with Crippen molar-refractivity contribution in [1.82, 2.24) is 20.4 Å². The first-order chi connectivity index (χ1) is 11.2. The molecule has 0 saturated carbocycles. The van der Waals surface area contributed by atoms with Crippen molar-refractivity contribution in [3.05, 3.63) is 50.1 Å². The van der Waals surface area contributed by atoms with Gasteiger partial charge in [0.25, 0.3) is 5.56 Å². The van der Waals surface area contributed by atoms with Crippen LogP contribution in [0.15, 0.2) is 28.4 Å². The van der Waals surface area contributed by atoms with Gasteiger partial charge < -0.3 is 10.6 Å². The maximum absolute atomic E-state index is 12.0. The normalized spacial score (nSPS) is 13.4. The number of aryl methyl sites for hydroxylation is 2. The summed E-state index contributed by atoms with van der Waals surface area (Å²) in [5.74, 6) is 0. The van der Waals surface area contributed by atoms with E-state index in [9.17, 15) is 9.59 Å². The third kappa shape index (κ3) is 4.19. The second-order valence-electron chi connectivity index (χ2n) is 5.57. The van der Waals surface area contributed by atoms with E-state index >= 15 is 0 Å². The third-order valence-corrected chi connectivity index (χ3v) is 4.76. The monoisotopic (exact) mass is 332 g/mol. The molecule has 0 spiro atoms. The minimum absolute atomic E-state index is 0.0913. The first-order valence-corrected chi connectivity index (χ1v) is 8.74. The van der Waals surface area contributed by atoms with Gasteiger partial charge in [-0.05, 0) is 42.7 Å². The highest BCUT2D eigenvalue weighted by atomic mass is 32.1. The summed E-state index contributed by atoms with van der Waals surface area (Å²) in [5, 5.41) is 11.9. The summed E-state index contributed by atoms with van der Waals surface area (Å²) in [5.41, 5.74) is 2.02. The molecule has 0 bridgehead atoms. The van der Waals surface area contributed by atoms with Crippen LogP contribution >= 0.6 is 11.3 Å². The molecule has 2 aromatic heterocycles. The van der Waals surface area contributed by atoms with Gasteiger partial charge in [0.1, 0.15) is 0 Å². The number of carbonyl (C=O) groups is 1. The van der Waals surface area contributed by atoms with Crippen LogP contribution in [0.5, 0.6) is 0 Å². The van der Waals surface area contributed by atoms with E-state index < -0.39 is 0 Å². The van der Waals surface area contributed by atoms with Crippen molar-refractivity contribution in [1.29, 1.82) is 0 Å². The molecule has 1 aliphatic carbocycles.